The van der Waals surface area contributed by atoms with E-state index in [4.69, 9.17) is 5.73 Å². The predicted octanol–water partition coefficient (Wildman–Crippen LogP) is 3.09. The van der Waals surface area contributed by atoms with E-state index in [1.54, 1.807) is 25.3 Å². The molecule has 1 amide bonds. The van der Waals surface area contributed by atoms with Crippen LogP contribution in [-0.2, 0) is 20.0 Å². The van der Waals surface area contributed by atoms with Gasteiger partial charge in [0.1, 0.15) is 10.0 Å². The molecule has 0 radical (unpaired) electrons. The van der Waals surface area contributed by atoms with Gasteiger partial charge < -0.3 is 5.73 Å². The summed E-state index contributed by atoms with van der Waals surface area (Å²) in [5.74, 6) is -0.315. The van der Waals surface area contributed by atoms with Gasteiger partial charge in [0.2, 0.25) is 5.91 Å². The molecule has 0 aliphatic heterocycles. The molecule has 1 atom stereocenters. The minimum atomic E-state index is -3.33. The molecule has 1 fully saturated rings. The second-order valence-corrected chi connectivity index (χ2v) is 10.0. The van der Waals surface area contributed by atoms with Gasteiger partial charge in [0.25, 0.3) is 0 Å². The van der Waals surface area contributed by atoms with Gasteiger partial charge in [-0.05, 0) is 53.4 Å². The molecule has 1 aromatic carbocycles. The van der Waals surface area contributed by atoms with Crippen molar-refractivity contribution in [3.63, 3.8) is 0 Å². The van der Waals surface area contributed by atoms with E-state index in [1.807, 2.05) is 0 Å². The first-order valence-electron chi connectivity index (χ1n) is 8.77. The summed E-state index contributed by atoms with van der Waals surface area (Å²) in [4.78, 5) is 21.9. The molecule has 0 unspecified atom stereocenters. The fourth-order valence-electron chi connectivity index (χ4n) is 3.68. The predicted molar refractivity (Wildman–Crippen MR) is 106 cm³/mol. The van der Waals surface area contributed by atoms with Crippen LogP contribution in [0.25, 0.3) is 0 Å². The number of nitrogens with zero attached hydrogens (tertiary/aromatic N) is 2. The van der Waals surface area contributed by atoms with Crippen molar-refractivity contribution in [1.29, 1.82) is 0 Å². The van der Waals surface area contributed by atoms with E-state index in [9.17, 15) is 13.2 Å². The molecule has 1 aliphatic rings. The first-order valence-corrected chi connectivity index (χ1v) is 11.5. The van der Waals surface area contributed by atoms with Gasteiger partial charge in [-0.25, -0.2) is 13.4 Å². The van der Waals surface area contributed by atoms with Crippen molar-refractivity contribution in [3.8, 4) is 0 Å². The lowest BCUT2D eigenvalue weighted by atomic mass is 9.76. The molecule has 1 heterocycles. The van der Waals surface area contributed by atoms with E-state index >= 15 is 0 Å². The highest BCUT2D eigenvalue weighted by Crippen LogP contribution is 2.40. The Balaban J connectivity index is 2.17. The fraction of sp³-hybridized carbons (Fsp3) is 0.421. The van der Waals surface area contributed by atoms with Crippen LogP contribution in [0.1, 0.15) is 55.5 Å². The van der Waals surface area contributed by atoms with Crippen LogP contribution >= 0.6 is 15.9 Å². The number of carbonyl (C=O) groups excluding carboxylic acids is 1. The largest absolute Gasteiger partial charge is 0.369 e. The highest BCUT2D eigenvalue weighted by molar-refractivity contribution is 9.10. The molecule has 0 saturated heterocycles. The van der Waals surface area contributed by atoms with Crippen molar-refractivity contribution in [3.05, 3.63) is 52.0 Å². The third-order valence-electron chi connectivity index (χ3n) is 5.34. The van der Waals surface area contributed by atoms with Crippen LogP contribution in [0.3, 0.4) is 0 Å². The third kappa shape index (κ3) is 3.78. The number of hydrogen-bond acceptors (Lipinski definition) is 5. The number of sulfone groups is 1. The number of carbonyl (C=O) groups is 1. The smallest absolute Gasteiger partial charge is 0.233 e. The maximum Gasteiger partial charge on any atom is 0.233 e. The van der Waals surface area contributed by atoms with Crippen molar-refractivity contribution in [2.45, 2.75) is 48.8 Å². The molecular weight excluding hydrogens is 430 g/mol. The number of rotatable bonds is 5. The summed E-state index contributed by atoms with van der Waals surface area (Å²) in [7, 11) is -3.33. The highest BCUT2D eigenvalue weighted by atomic mass is 79.9. The van der Waals surface area contributed by atoms with E-state index < -0.39 is 21.2 Å². The van der Waals surface area contributed by atoms with E-state index in [2.05, 4.69) is 25.9 Å². The Morgan fingerprint density at radius 1 is 1.22 bits per heavy atom. The number of hydrogen-bond donors (Lipinski definition) is 1. The summed E-state index contributed by atoms with van der Waals surface area (Å²) in [5.41, 5.74) is 6.54. The van der Waals surface area contributed by atoms with E-state index in [0.717, 1.165) is 37.6 Å². The number of aromatic nitrogens is 2. The van der Waals surface area contributed by atoms with E-state index in [0.29, 0.717) is 15.9 Å². The Hall–Kier alpha value is -1.80. The van der Waals surface area contributed by atoms with Crippen LogP contribution in [0.2, 0.25) is 0 Å². The van der Waals surface area contributed by atoms with Gasteiger partial charge in [0, 0.05) is 12.2 Å². The Morgan fingerprint density at radius 3 is 2.33 bits per heavy atom. The molecule has 27 heavy (non-hydrogen) atoms. The second kappa shape index (κ2) is 7.31. The van der Waals surface area contributed by atoms with Crippen LogP contribution in [0, 0.1) is 0 Å². The lowest BCUT2D eigenvalue weighted by Crippen LogP contribution is -2.41. The Bertz CT molecular complexity index is 970. The van der Waals surface area contributed by atoms with Gasteiger partial charge in [-0.1, -0.05) is 25.0 Å². The summed E-state index contributed by atoms with van der Waals surface area (Å²) in [6, 6.07) is 6.24. The van der Waals surface area contributed by atoms with Gasteiger partial charge in [-0.2, -0.15) is 0 Å². The van der Waals surface area contributed by atoms with Gasteiger partial charge >= 0.3 is 0 Å². The Labute approximate surface area is 167 Å². The monoisotopic (exact) mass is 451 g/mol. The molecule has 3 rings (SSSR count). The molecular formula is C19H22BrN3O3S. The number of halogens is 1. The van der Waals surface area contributed by atoms with Gasteiger partial charge in [-0.15, -0.1) is 0 Å². The Kier molecular flexibility index (Phi) is 5.40. The minimum Gasteiger partial charge on any atom is -0.369 e. The maximum atomic E-state index is 12.6. The van der Waals surface area contributed by atoms with Gasteiger partial charge in [-0.3, -0.25) is 9.78 Å². The molecule has 0 bridgehead atoms. The zero-order chi connectivity index (χ0) is 19.8. The summed E-state index contributed by atoms with van der Waals surface area (Å²) < 4.78 is 24.1. The quantitative estimate of drug-likeness (QED) is 0.751. The topological polar surface area (TPSA) is 103 Å². The molecule has 1 aliphatic carbocycles. The first-order chi connectivity index (χ1) is 12.6. The van der Waals surface area contributed by atoms with E-state index in [-0.39, 0.29) is 10.8 Å². The van der Waals surface area contributed by atoms with Crippen LogP contribution in [0.5, 0.6) is 0 Å². The summed E-state index contributed by atoms with van der Waals surface area (Å²) in [6.45, 7) is 1.72. The van der Waals surface area contributed by atoms with Crippen LogP contribution in [0.15, 0.2) is 40.0 Å². The SMILES string of the molecule is C[C@@](C(N)=O)(c1ccc(S(C)(=O)=O)cc1)c1ncc(Br)nc1C1CCCC1. The van der Waals surface area contributed by atoms with Crippen molar-refractivity contribution in [2.24, 2.45) is 5.73 Å². The van der Waals surface area contributed by atoms with Crippen molar-refractivity contribution in [1.82, 2.24) is 9.97 Å². The molecule has 0 spiro atoms. The molecule has 8 heteroatoms. The summed E-state index contributed by atoms with van der Waals surface area (Å²) in [6.07, 6.45) is 6.96. The number of benzene rings is 1. The lowest BCUT2D eigenvalue weighted by molar-refractivity contribution is -0.121. The third-order valence-corrected chi connectivity index (χ3v) is 6.85. The molecule has 6 nitrogen and oxygen atoms in total. The van der Waals surface area contributed by atoms with Gasteiger partial charge in [0.05, 0.1) is 22.5 Å². The molecule has 1 aromatic heterocycles. The molecule has 2 aromatic rings. The maximum absolute atomic E-state index is 12.6. The minimum absolute atomic E-state index is 0.191. The van der Waals surface area contributed by atoms with Crippen molar-refractivity contribution < 1.29 is 13.2 Å². The zero-order valence-electron chi connectivity index (χ0n) is 15.3. The number of amides is 1. The molecule has 144 valence electrons. The highest BCUT2D eigenvalue weighted by Gasteiger charge is 2.41. The van der Waals surface area contributed by atoms with Crippen LogP contribution < -0.4 is 5.73 Å². The fourth-order valence-corrected chi connectivity index (χ4v) is 4.60. The van der Waals surface area contributed by atoms with E-state index in [1.165, 1.54) is 12.1 Å². The Morgan fingerprint density at radius 2 is 1.81 bits per heavy atom. The number of nitrogens with two attached hydrogens (primary N) is 1. The standard InChI is InChI=1S/C19H22BrN3O3S/c1-19(18(21)24,13-7-9-14(10-8-13)27(2,25)26)17-16(12-5-3-4-6-12)23-15(20)11-22-17/h7-12H,3-6H2,1-2H3,(H2,21,24)/t19-/m1/s1. The van der Waals surface area contributed by atoms with Crippen molar-refractivity contribution >= 4 is 31.7 Å². The van der Waals surface area contributed by atoms with Gasteiger partial charge in [0.15, 0.2) is 9.84 Å². The summed E-state index contributed by atoms with van der Waals surface area (Å²) >= 11 is 3.38. The lowest BCUT2D eigenvalue weighted by Gasteiger charge is -2.29. The average molecular weight is 452 g/mol. The normalized spacial score (nSPS) is 17.6. The first kappa shape index (κ1) is 19.9. The number of primary amides is 1. The molecule has 1 saturated carbocycles. The molecule has 2 N–H and O–H groups in total. The second-order valence-electron chi connectivity index (χ2n) is 7.19. The summed E-state index contributed by atoms with van der Waals surface area (Å²) in [5, 5.41) is 0. The van der Waals surface area contributed by atoms with Crippen molar-refractivity contribution in [2.75, 3.05) is 6.26 Å². The van der Waals surface area contributed by atoms with Crippen LogP contribution in [-0.4, -0.2) is 30.5 Å². The van der Waals surface area contributed by atoms with Crippen LogP contribution in [0.4, 0.5) is 0 Å². The zero-order valence-corrected chi connectivity index (χ0v) is 17.7. The average Bonchev–Trinajstić information content (AvgIpc) is 3.14.